The van der Waals surface area contributed by atoms with Gasteiger partial charge in [-0.15, -0.1) is 0 Å². The van der Waals surface area contributed by atoms with Gasteiger partial charge in [0.2, 0.25) is 0 Å². The molecule has 0 bridgehead atoms. The average Bonchev–Trinajstić information content (AvgIpc) is 2.38. The molecule has 2 N–H and O–H groups in total. The Labute approximate surface area is 117 Å². The molecule has 1 saturated heterocycles. The molecule has 0 amide bonds. The number of aromatic nitrogens is 3. The number of nitrogens with one attached hydrogen (secondary N) is 2. The first-order valence-corrected chi connectivity index (χ1v) is 6.62. The van der Waals surface area contributed by atoms with Gasteiger partial charge in [0.25, 0.3) is 0 Å². The molecule has 0 unspecified atom stereocenters. The van der Waals surface area contributed by atoms with Crippen molar-refractivity contribution < 1.29 is 0 Å². The van der Waals surface area contributed by atoms with E-state index in [1.54, 1.807) is 17.0 Å². The Balaban J connectivity index is 2.15. The van der Waals surface area contributed by atoms with Crippen LogP contribution in [-0.4, -0.2) is 40.7 Å². The van der Waals surface area contributed by atoms with Crippen molar-refractivity contribution in [3.63, 3.8) is 0 Å². The topological polar surface area (TPSA) is 69.8 Å². The maximum absolute atomic E-state index is 8.33. The van der Waals surface area contributed by atoms with Crippen LogP contribution in [0.15, 0.2) is 18.8 Å². The predicted molar refractivity (Wildman–Crippen MR) is 79.6 cm³/mol. The van der Waals surface area contributed by atoms with E-state index in [1.807, 2.05) is 20.0 Å². The quantitative estimate of drug-likeness (QED) is 0.862. The maximum atomic E-state index is 8.33. The summed E-state index contributed by atoms with van der Waals surface area (Å²) < 4.78 is 1.74. The zero-order valence-corrected chi connectivity index (χ0v) is 11.7. The lowest BCUT2D eigenvalue weighted by molar-refractivity contribution is 0.445. The minimum absolute atomic E-state index is 0.356. The molecule has 0 atom stereocenters. The van der Waals surface area contributed by atoms with Gasteiger partial charge in [-0.1, -0.05) is 6.58 Å². The van der Waals surface area contributed by atoms with Gasteiger partial charge in [0.05, 0.1) is 5.52 Å². The van der Waals surface area contributed by atoms with Crippen LogP contribution in [0.4, 0.5) is 5.82 Å². The zero-order valence-electron chi connectivity index (χ0n) is 11.7. The fraction of sp³-hybridized carbons (Fsp3) is 0.357. The number of nitrogens with zero attached hydrogens (tertiary/aromatic N) is 4. The van der Waals surface area contributed by atoms with E-state index in [4.69, 9.17) is 5.41 Å². The van der Waals surface area contributed by atoms with Crippen LogP contribution in [0.5, 0.6) is 0 Å². The summed E-state index contributed by atoms with van der Waals surface area (Å²) in [5, 5.41) is 11.5. The molecule has 2 aromatic rings. The Kier molecular flexibility index (Phi) is 3.02. The predicted octanol–water partition coefficient (Wildman–Crippen LogP) is 0.728. The minimum atomic E-state index is 0.356. The number of hydrogen-bond donors (Lipinski definition) is 2. The second kappa shape index (κ2) is 4.72. The largest absolute Gasteiger partial charge is 0.350 e. The highest BCUT2D eigenvalue weighted by Gasteiger charge is 2.28. The Morgan fingerprint density at radius 2 is 2.25 bits per heavy atom. The van der Waals surface area contributed by atoms with Crippen molar-refractivity contribution in [3.05, 3.63) is 29.9 Å². The SMILES string of the molecule is C=Cn1c(=N)c(N2CC(NC)C2)nc2ncc(C)cc21. The number of aryl methyl sites for hydroxylation is 1. The normalized spacial score (nSPS) is 15.4. The van der Waals surface area contributed by atoms with Crippen LogP contribution in [0, 0.1) is 12.3 Å². The first kappa shape index (κ1) is 12.8. The van der Waals surface area contributed by atoms with Crippen LogP contribution in [0.1, 0.15) is 5.56 Å². The van der Waals surface area contributed by atoms with E-state index >= 15 is 0 Å². The van der Waals surface area contributed by atoms with Gasteiger partial charge in [0.15, 0.2) is 17.0 Å². The second-order valence-electron chi connectivity index (χ2n) is 5.08. The summed E-state index contributed by atoms with van der Waals surface area (Å²) in [4.78, 5) is 11.0. The van der Waals surface area contributed by atoms with Gasteiger partial charge in [-0.2, -0.15) is 0 Å². The van der Waals surface area contributed by atoms with Crippen molar-refractivity contribution in [3.8, 4) is 0 Å². The molecule has 104 valence electrons. The van der Waals surface area contributed by atoms with E-state index in [1.165, 1.54) is 0 Å². The number of anilines is 1. The zero-order chi connectivity index (χ0) is 14.3. The van der Waals surface area contributed by atoms with Crippen molar-refractivity contribution in [2.75, 3.05) is 25.0 Å². The van der Waals surface area contributed by atoms with Crippen LogP contribution < -0.4 is 15.7 Å². The lowest BCUT2D eigenvalue weighted by atomic mass is 10.1. The smallest absolute Gasteiger partial charge is 0.178 e. The molecule has 2 aromatic heterocycles. The molecule has 0 radical (unpaired) electrons. The maximum Gasteiger partial charge on any atom is 0.178 e. The van der Waals surface area contributed by atoms with Gasteiger partial charge in [-0.05, 0) is 25.6 Å². The Hall–Kier alpha value is -2.21. The summed E-state index contributed by atoms with van der Waals surface area (Å²) in [7, 11) is 1.95. The number of pyridine rings is 1. The van der Waals surface area contributed by atoms with E-state index in [2.05, 4.69) is 26.8 Å². The first-order valence-electron chi connectivity index (χ1n) is 6.62. The lowest BCUT2D eigenvalue weighted by Crippen LogP contribution is -2.58. The van der Waals surface area contributed by atoms with Gasteiger partial charge in [0.1, 0.15) is 0 Å². The number of hydrogen-bond acceptors (Lipinski definition) is 5. The molecule has 0 saturated carbocycles. The third-order valence-electron chi connectivity index (χ3n) is 3.68. The third kappa shape index (κ3) is 1.89. The van der Waals surface area contributed by atoms with Crippen molar-refractivity contribution >= 4 is 23.2 Å². The molecular formula is C14H18N6. The summed E-state index contributed by atoms with van der Waals surface area (Å²) >= 11 is 0. The van der Waals surface area contributed by atoms with Gasteiger partial charge in [0, 0.05) is 31.5 Å². The summed E-state index contributed by atoms with van der Waals surface area (Å²) in [5.74, 6) is 0.667. The fourth-order valence-corrected chi connectivity index (χ4v) is 2.44. The highest BCUT2D eigenvalue weighted by atomic mass is 15.3. The summed E-state index contributed by atoms with van der Waals surface area (Å²) in [6.07, 6.45) is 3.44. The standard InChI is InChI=1S/C14H18N6/c1-4-20-11-5-9(2)6-17-13(11)18-14(12(20)15)19-7-10(8-19)16-3/h4-6,10,15-16H,1,7-8H2,2-3H3. The summed E-state index contributed by atoms with van der Waals surface area (Å²) in [6, 6.07) is 2.45. The monoisotopic (exact) mass is 270 g/mol. The summed E-state index contributed by atoms with van der Waals surface area (Å²) in [5.41, 5.74) is 2.87. The van der Waals surface area contributed by atoms with Crippen LogP contribution in [0.25, 0.3) is 17.4 Å². The molecule has 1 aliphatic heterocycles. The lowest BCUT2D eigenvalue weighted by Gasteiger charge is -2.39. The Bertz CT molecular complexity index is 726. The third-order valence-corrected chi connectivity index (χ3v) is 3.68. The second-order valence-corrected chi connectivity index (χ2v) is 5.08. The molecule has 6 heteroatoms. The van der Waals surface area contributed by atoms with Crippen LogP contribution in [-0.2, 0) is 0 Å². The highest BCUT2D eigenvalue weighted by Crippen LogP contribution is 2.18. The van der Waals surface area contributed by atoms with Crippen molar-refractivity contribution in [2.24, 2.45) is 0 Å². The molecule has 0 spiro atoms. The number of likely N-dealkylation sites (N-methyl/N-ethyl adjacent to an activating group) is 1. The molecular weight excluding hydrogens is 252 g/mol. The van der Waals surface area contributed by atoms with Crippen LogP contribution in [0.2, 0.25) is 0 Å². The molecule has 3 heterocycles. The molecule has 0 aromatic carbocycles. The molecule has 3 rings (SSSR count). The Morgan fingerprint density at radius 1 is 1.50 bits per heavy atom. The van der Waals surface area contributed by atoms with Gasteiger partial charge in [-0.3, -0.25) is 9.98 Å². The van der Waals surface area contributed by atoms with E-state index in [-0.39, 0.29) is 0 Å². The van der Waals surface area contributed by atoms with Crippen molar-refractivity contribution in [1.29, 1.82) is 5.41 Å². The molecule has 1 fully saturated rings. The van der Waals surface area contributed by atoms with Crippen molar-refractivity contribution in [2.45, 2.75) is 13.0 Å². The van der Waals surface area contributed by atoms with Gasteiger partial charge in [-0.25, -0.2) is 9.97 Å². The van der Waals surface area contributed by atoms with Crippen LogP contribution in [0.3, 0.4) is 0 Å². The molecule has 1 aliphatic rings. The van der Waals surface area contributed by atoms with E-state index in [0.717, 1.165) is 24.2 Å². The van der Waals surface area contributed by atoms with Crippen molar-refractivity contribution in [1.82, 2.24) is 19.9 Å². The van der Waals surface area contributed by atoms with E-state index in [9.17, 15) is 0 Å². The molecule has 0 aliphatic carbocycles. The van der Waals surface area contributed by atoms with Gasteiger partial charge < -0.3 is 10.2 Å². The fourth-order valence-electron chi connectivity index (χ4n) is 2.44. The first-order chi connectivity index (χ1) is 9.63. The highest BCUT2D eigenvalue weighted by molar-refractivity contribution is 5.75. The van der Waals surface area contributed by atoms with E-state index < -0.39 is 0 Å². The molecule has 6 nitrogen and oxygen atoms in total. The number of rotatable bonds is 3. The Morgan fingerprint density at radius 3 is 2.90 bits per heavy atom. The number of fused-ring (bicyclic) bond motifs is 1. The van der Waals surface area contributed by atoms with Crippen LogP contribution >= 0.6 is 0 Å². The molecule has 20 heavy (non-hydrogen) atoms. The summed E-state index contributed by atoms with van der Waals surface area (Å²) in [6.45, 7) is 7.51. The minimum Gasteiger partial charge on any atom is -0.350 e. The van der Waals surface area contributed by atoms with Gasteiger partial charge >= 0.3 is 0 Å². The average molecular weight is 270 g/mol. The van der Waals surface area contributed by atoms with E-state index in [0.29, 0.717) is 23.0 Å².